The highest BCUT2D eigenvalue weighted by molar-refractivity contribution is 7.94. The predicted molar refractivity (Wildman–Crippen MR) is 59.9 cm³/mol. The normalized spacial score (nSPS) is 26.2. The van der Waals surface area contributed by atoms with Crippen LogP contribution in [0.5, 0.6) is 0 Å². The Morgan fingerprint density at radius 1 is 1.21 bits per heavy atom. The molecular formula is C10H18N2OS. The molecule has 2 aliphatic rings. The van der Waals surface area contributed by atoms with Crippen LogP contribution in [0.15, 0.2) is 11.6 Å². The summed E-state index contributed by atoms with van der Waals surface area (Å²) < 4.78 is 10.2. The highest BCUT2D eigenvalue weighted by Crippen LogP contribution is 2.21. The smallest absolute Gasteiger partial charge is 0.0603 e. The van der Waals surface area contributed by atoms with Crippen LogP contribution >= 0.6 is 12.1 Å². The molecule has 0 aromatic rings. The topological polar surface area (TPSA) is 15.7 Å². The van der Waals surface area contributed by atoms with Gasteiger partial charge in [0.15, 0.2) is 0 Å². The second kappa shape index (κ2) is 5.16. The van der Waals surface area contributed by atoms with Gasteiger partial charge < -0.3 is 4.74 Å². The Morgan fingerprint density at radius 3 is 2.64 bits per heavy atom. The van der Waals surface area contributed by atoms with Gasteiger partial charge in [-0.15, -0.1) is 0 Å². The van der Waals surface area contributed by atoms with Gasteiger partial charge in [0.05, 0.1) is 13.2 Å². The van der Waals surface area contributed by atoms with Crippen molar-refractivity contribution in [3.8, 4) is 0 Å². The summed E-state index contributed by atoms with van der Waals surface area (Å²) in [6.45, 7) is 8.38. The van der Waals surface area contributed by atoms with Crippen molar-refractivity contribution in [2.75, 3.05) is 39.4 Å². The monoisotopic (exact) mass is 214 g/mol. The minimum Gasteiger partial charge on any atom is -0.379 e. The van der Waals surface area contributed by atoms with Crippen molar-refractivity contribution in [1.29, 1.82) is 0 Å². The summed E-state index contributed by atoms with van der Waals surface area (Å²) in [7, 11) is 0. The average Bonchev–Trinajstić information content (AvgIpc) is 2.23. The summed E-state index contributed by atoms with van der Waals surface area (Å²) in [6.07, 6.45) is 3.55. The maximum atomic E-state index is 5.32. The third-order valence-corrected chi connectivity index (χ3v) is 3.76. The first-order valence-electron chi connectivity index (χ1n) is 5.26. The molecule has 0 aromatic carbocycles. The Labute approximate surface area is 90.3 Å². The van der Waals surface area contributed by atoms with Gasteiger partial charge in [0.25, 0.3) is 0 Å². The average molecular weight is 214 g/mol. The van der Waals surface area contributed by atoms with E-state index in [1.807, 2.05) is 12.1 Å². The van der Waals surface area contributed by atoms with E-state index in [0.717, 1.165) is 32.8 Å². The summed E-state index contributed by atoms with van der Waals surface area (Å²) in [5.41, 5.74) is 1.53. The molecule has 0 atom stereocenters. The minimum absolute atomic E-state index is 0.885. The third kappa shape index (κ3) is 2.98. The molecule has 14 heavy (non-hydrogen) atoms. The van der Waals surface area contributed by atoms with Crippen LogP contribution in [0.2, 0.25) is 0 Å². The summed E-state index contributed by atoms with van der Waals surface area (Å²) in [6, 6.07) is 0. The summed E-state index contributed by atoms with van der Waals surface area (Å²) in [5, 5.41) is 0. The number of ether oxygens (including phenoxy) is 1. The SMILES string of the molecule is CC1=CCN(SN2CCOCC2)CC1. The van der Waals surface area contributed by atoms with E-state index < -0.39 is 0 Å². The molecule has 2 rings (SSSR count). The van der Waals surface area contributed by atoms with Crippen LogP contribution in [0.1, 0.15) is 13.3 Å². The largest absolute Gasteiger partial charge is 0.379 e. The lowest BCUT2D eigenvalue weighted by Crippen LogP contribution is -2.35. The molecule has 0 amide bonds. The van der Waals surface area contributed by atoms with Gasteiger partial charge in [-0.25, -0.2) is 8.61 Å². The van der Waals surface area contributed by atoms with Gasteiger partial charge in [-0.2, -0.15) is 0 Å². The lowest BCUT2D eigenvalue weighted by molar-refractivity contribution is 0.0758. The van der Waals surface area contributed by atoms with Crippen molar-refractivity contribution < 1.29 is 4.74 Å². The van der Waals surface area contributed by atoms with Crippen LogP contribution in [0.3, 0.4) is 0 Å². The van der Waals surface area contributed by atoms with Gasteiger partial charge in [0.2, 0.25) is 0 Å². The molecule has 80 valence electrons. The van der Waals surface area contributed by atoms with Crippen molar-refractivity contribution in [2.24, 2.45) is 0 Å². The molecule has 1 saturated heterocycles. The second-order valence-corrected chi connectivity index (χ2v) is 5.01. The molecule has 0 saturated carbocycles. The summed E-state index contributed by atoms with van der Waals surface area (Å²) in [5.74, 6) is 0. The zero-order chi connectivity index (χ0) is 9.80. The molecule has 1 fully saturated rings. The predicted octanol–water partition coefficient (Wildman–Crippen LogP) is 1.53. The van der Waals surface area contributed by atoms with Crippen LogP contribution in [0.25, 0.3) is 0 Å². The van der Waals surface area contributed by atoms with E-state index in [1.54, 1.807) is 0 Å². The molecule has 0 aromatic heterocycles. The zero-order valence-electron chi connectivity index (χ0n) is 8.74. The highest BCUT2D eigenvalue weighted by Gasteiger charge is 2.16. The van der Waals surface area contributed by atoms with E-state index in [2.05, 4.69) is 21.6 Å². The Bertz CT molecular complexity index is 214. The first-order chi connectivity index (χ1) is 6.84. The summed E-state index contributed by atoms with van der Waals surface area (Å²) in [4.78, 5) is 0. The van der Waals surface area contributed by atoms with Gasteiger partial charge in [-0.05, 0) is 13.3 Å². The molecule has 0 unspecified atom stereocenters. The van der Waals surface area contributed by atoms with Gasteiger partial charge in [-0.3, -0.25) is 0 Å². The van der Waals surface area contributed by atoms with E-state index in [9.17, 15) is 0 Å². The van der Waals surface area contributed by atoms with Crippen LogP contribution in [0, 0.1) is 0 Å². The number of hydrogen-bond donors (Lipinski definition) is 0. The molecule has 3 nitrogen and oxygen atoms in total. The van der Waals surface area contributed by atoms with Crippen LogP contribution in [0.4, 0.5) is 0 Å². The molecular weight excluding hydrogens is 196 g/mol. The van der Waals surface area contributed by atoms with Crippen LogP contribution in [-0.2, 0) is 4.74 Å². The molecule has 0 spiro atoms. The fraction of sp³-hybridized carbons (Fsp3) is 0.800. The van der Waals surface area contributed by atoms with Gasteiger partial charge >= 0.3 is 0 Å². The lowest BCUT2D eigenvalue weighted by atomic mass is 10.1. The minimum atomic E-state index is 0.885. The second-order valence-electron chi connectivity index (χ2n) is 3.81. The van der Waals surface area contributed by atoms with Crippen molar-refractivity contribution in [1.82, 2.24) is 8.61 Å². The van der Waals surface area contributed by atoms with Gasteiger partial charge in [0, 0.05) is 38.3 Å². The summed E-state index contributed by atoms with van der Waals surface area (Å²) >= 11 is 1.89. The van der Waals surface area contributed by atoms with E-state index in [0.29, 0.717) is 0 Å². The number of morpholine rings is 1. The first kappa shape index (κ1) is 10.5. The Hall–Kier alpha value is -0.0300. The van der Waals surface area contributed by atoms with Crippen LogP contribution in [-0.4, -0.2) is 48.0 Å². The molecule has 0 bridgehead atoms. The van der Waals surface area contributed by atoms with E-state index in [1.165, 1.54) is 18.5 Å². The molecule has 2 aliphatic heterocycles. The van der Waals surface area contributed by atoms with E-state index >= 15 is 0 Å². The third-order valence-electron chi connectivity index (χ3n) is 2.60. The van der Waals surface area contributed by atoms with Crippen molar-refractivity contribution in [3.63, 3.8) is 0 Å². The maximum Gasteiger partial charge on any atom is 0.0603 e. The molecule has 2 heterocycles. The quantitative estimate of drug-likeness (QED) is 0.511. The number of nitrogens with zero attached hydrogens (tertiary/aromatic N) is 2. The molecule has 0 radical (unpaired) electrons. The lowest BCUT2D eigenvalue weighted by Gasteiger charge is -2.32. The Kier molecular flexibility index (Phi) is 3.87. The Balaban J connectivity index is 1.74. The van der Waals surface area contributed by atoms with Crippen molar-refractivity contribution in [3.05, 3.63) is 11.6 Å². The van der Waals surface area contributed by atoms with E-state index in [4.69, 9.17) is 4.74 Å². The van der Waals surface area contributed by atoms with Crippen LogP contribution < -0.4 is 0 Å². The van der Waals surface area contributed by atoms with E-state index in [-0.39, 0.29) is 0 Å². The maximum absolute atomic E-state index is 5.32. The van der Waals surface area contributed by atoms with Gasteiger partial charge in [0.1, 0.15) is 0 Å². The molecule has 0 aliphatic carbocycles. The Morgan fingerprint density at radius 2 is 2.00 bits per heavy atom. The number of rotatable bonds is 2. The van der Waals surface area contributed by atoms with Gasteiger partial charge in [-0.1, -0.05) is 11.6 Å². The fourth-order valence-corrected chi connectivity index (χ4v) is 2.57. The molecule has 0 N–H and O–H groups in total. The fourth-order valence-electron chi connectivity index (χ4n) is 1.62. The van der Waals surface area contributed by atoms with Crippen molar-refractivity contribution in [2.45, 2.75) is 13.3 Å². The number of hydrogen-bond acceptors (Lipinski definition) is 4. The molecule has 4 heteroatoms. The standard InChI is InChI=1S/C10H18N2OS/c1-10-2-4-11(5-3-10)14-12-6-8-13-9-7-12/h2H,3-9H2,1H3. The zero-order valence-corrected chi connectivity index (χ0v) is 9.55. The highest BCUT2D eigenvalue weighted by atomic mass is 32.2. The first-order valence-corrected chi connectivity index (χ1v) is 5.99. The van der Waals surface area contributed by atoms with Crippen molar-refractivity contribution >= 4 is 12.1 Å².